The van der Waals surface area contributed by atoms with Gasteiger partial charge in [0.25, 0.3) is 5.91 Å². The van der Waals surface area contributed by atoms with Crippen molar-refractivity contribution in [3.05, 3.63) is 27.5 Å². The van der Waals surface area contributed by atoms with E-state index in [0.29, 0.717) is 29.8 Å². The first-order chi connectivity index (χ1) is 10.1. The van der Waals surface area contributed by atoms with Crippen molar-refractivity contribution in [3.63, 3.8) is 0 Å². The fraction of sp³-hybridized carbons (Fsp3) is 0.400. The molecular formula is C15H17BrN2O2S. The van der Waals surface area contributed by atoms with Gasteiger partial charge in [0.05, 0.1) is 12.3 Å². The second kappa shape index (κ2) is 5.94. The van der Waals surface area contributed by atoms with Crippen molar-refractivity contribution in [2.75, 3.05) is 26.0 Å². The monoisotopic (exact) mass is 368 g/mol. The van der Waals surface area contributed by atoms with Gasteiger partial charge in [0.1, 0.15) is 4.88 Å². The number of fused-ring (bicyclic) bond motifs is 1. The number of nitrogen functional groups attached to an aromatic ring is 1. The maximum absolute atomic E-state index is 12.8. The van der Waals surface area contributed by atoms with Gasteiger partial charge in [-0.3, -0.25) is 4.79 Å². The van der Waals surface area contributed by atoms with Crippen LogP contribution in [0, 0.1) is 0 Å². The van der Waals surface area contributed by atoms with Crippen molar-refractivity contribution in [2.45, 2.75) is 18.9 Å². The molecule has 1 aliphatic carbocycles. The number of thiophene rings is 1. The van der Waals surface area contributed by atoms with Crippen molar-refractivity contribution in [3.8, 4) is 0 Å². The predicted molar refractivity (Wildman–Crippen MR) is 89.9 cm³/mol. The van der Waals surface area contributed by atoms with E-state index in [0.717, 1.165) is 27.4 Å². The second-order valence-corrected chi connectivity index (χ2v) is 7.09. The number of benzene rings is 1. The first-order valence-corrected chi connectivity index (χ1v) is 8.50. The number of nitrogens with zero attached hydrogens (tertiary/aromatic N) is 1. The van der Waals surface area contributed by atoms with E-state index in [-0.39, 0.29) is 5.91 Å². The van der Waals surface area contributed by atoms with E-state index in [4.69, 9.17) is 10.5 Å². The topological polar surface area (TPSA) is 55.6 Å². The van der Waals surface area contributed by atoms with Crippen molar-refractivity contribution in [1.82, 2.24) is 4.90 Å². The summed E-state index contributed by atoms with van der Waals surface area (Å²) in [7, 11) is 1.65. The molecule has 112 valence electrons. The van der Waals surface area contributed by atoms with Crippen LogP contribution in [0.5, 0.6) is 0 Å². The van der Waals surface area contributed by atoms with Gasteiger partial charge in [-0.2, -0.15) is 0 Å². The van der Waals surface area contributed by atoms with Crippen LogP contribution >= 0.6 is 27.3 Å². The van der Waals surface area contributed by atoms with Gasteiger partial charge >= 0.3 is 0 Å². The van der Waals surface area contributed by atoms with Crippen LogP contribution in [-0.2, 0) is 4.74 Å². The molecule has 0 aliphatic heterocycles. The van der Waals surface area contributed by atoms with E-state index in [1.165, 1.54) is 11.3 Å². The minimum atomic E-state index is 0.0279. The molecule has 6 heteroatoms. The lowest BCUT2D eigenvalue weighted by Gasteiger charge is -2.21. The number of ether oxygens (including phenoxy) is 1. The highest BCUT2D eigenvalue weighted by atomic mass is 79.9. The summed E-state index contributed by atoms with van der Waals surface area (Å²) in [5, 5.41) is 0.938. The van der Waals surface area contributed by atoms with E-state index < -0.39 is 0 Å². The first-order valence-electron chi connectivity index (χ1n) is 6.90. The smallest absolute Gasteiger partial charge is 0.266 e. The number of anilines is 1. The van der Waals surface area contributed by atoms with Crippen LogP contribution in [0.1, 0.15) is 22.5 Å². The zero-order valence-electron chi connectivity index (χ0n) is 11.8. The molecule has 3 rings (SSSR count). The summed E-state index contributed by atoms with van der Waals surface area (Å²) in [5.74, 6) is 0.0279. The summed E-state index contributed by atoms with van der Waals surface area (Å²) in [6.07, 6.45) is 2.15. The molecule has 0 atom stereocenters. The summed E-state index contributed by atoms with van der Waals surface area (Å²) in [5.41, 5.74) is 6.81. The van der Waals surface area contributed by atoms with Crippen LogP contribution < -0.4 is 5.73 Å². The van der Waals surface area contributed by atoms with Crippen LogP contribution in [0.4, 0.5) is 5.69 Å². The molecular weight excluding hydrogens is 352 g/mol. The van der Waals surface area contributed by atoms with Gasteiger partial charge in [-0.25, -0.2) is 0 Å². The quantitative estimate of drug-likeness (QED) is 0.878. The molecule has 1 fully saturated rings. The molecule has 0 radical (unpaired) electrons. The number of nitrogens with two attached hydrogens (primary N) is 1. The number of carbonyl (C=O) groups excluding carboxylic acids is 1. The van der Waals surface area contributed by atoms with Crippen LogP contribution in [-0.4, -0.2) is 37.1 Å². The fourth-order valence-corrected chi connectivity index (χ4v) is 4.26. The Labute approximate surface area is 136 Å². The summed E-state index contributed by atoms with van der Waals surface area (Å²) < 4.78 is 7.08. The Morgan fingerprint density at radius 3 is 2.90 bits per heavy atom. The molecule has 1 aliphatic rings. The molecule has 2 N–H and O–H groups in total. The molecule has 0 spiro atoms. The SMILES string of the molecule is COCCN(C(=O)c1sc2cccc(Br)c2c1N)C1CC1. The number of amides is 1. The highest BCUT2D eigenvalue weighted by molar-refractivity contribution is 9.10. The molecule has 21 heavy (non-hydrogen) atoms. The highest BCUT2D eigenvalue weighted by Crippen LogP contribution is 2.40. The van der Waals surface area contributed by atoms with E-state index >= 15 is 0 Å². The third-order valence-corrected chi connectivity index (χ3v) is 5.50. The number of rotatable bonds is 5. The Balaban J connectivity index is 1.96. The van der Waals surface area contributed by atoms with Gasteiger partial charge in [0, 0.05) is 34.3 Å². The zero-order valence-corrected chi connectivity index (χ0v) is 14.2. The molecule has 1 aromatic carbocycles. The largest absolute Gasteiger partial charge is 0.397 e. The Hall–Kier alpha value is -1.11. The lowest BCUT2D eigenvalue weighted by atomic mass is 10.2. The van der Waals surface area contributed by atoms with E-state index in [2.05, 4.69) is 15.9 Å². The van der Waals surface area contributed by atoms with E-state index in [9.17, 15) is 4.79 Å². The first kappa shape index (κ1) is 14.8. The Kier molecular flexibility index (Phi) is 4.19. The van der Waals surface area contributed by atoms with Crippen molar-refractivity contribution in [1.29, 1.82) is 0 Å². The normalized spacial score (nSPS) is 14.6. The molecule has 2 aromatic rings. The van der Waals surface area contributed by atoms with Gasteiger partial charge in [-0.15, -0.1) is 11.3 Å². The lowest BCUT2D eigenvalue weighted by Crippen LogP contribution is -2.35. The predicted octanol–water partition coefficient (Wildman–Crippen LogP) is 3.50. The number of halogens is 1. The van der Waals surface area contributed by atoms with Crippen molar-refractivity contribution in [2.24, 2.45) is 0 Å². The molecule has 1 aromatic heterocycles. The minimum Gasteiger partial charge on any atom is -0.397 e. The molecule has 1 amide bonds. The molecule has 0 bridgehead atoms. The zero-order chi connectivity index (χ0) is 15.0. The van der Waals surface area contributed by atoms with Crippen LogP contribution in [0.3, 0.4) is 0 Å². The number of methoxy groups -OCH3 is 1. The Morgan fingerprint density at radius 2 is 2.29 bits per heavy atom. The molecule has 4 nitrogen and oxygen atoms in total. The van der Waals surface area contributed by atoms with E-state index in [1.807, 2.05) is 23.1 Å². The second-order valence-electron chi connectivity index (χ2n) is 5.18. The minimum absolute atomic E-state index is 0.0279. The average Bonchev–Trinajstić information content (AvgIpc) is 3.24. The Bertz CT molecular complexity index is 682. The number of hydrogen-bond donors (Lipinski definition) is 1. The standard InChI is InChI=1S/C15H17BrN2O2S/c1-20-8-7-18(9-5-6-9)15(19)14-13(17)12-10(16)3-2-4-11(12)21-14/h2-4,9H,5-8,17H2,1H3. The molecule has 1 heterocycles. The highest BCUT2D eigenvalue weighted by Gasteiger charge is 2.34. The Morgan fingerprint density at radius 1 is 1.52 bits per heavy atom. The summed E-state index contributed by atoms with van der Waals surface area (Å²) >= 11 is 4.98. The summed E-state index contributed by atoms with van der Waals surface area (Å²) in [6.45, 7) is 1.17. The average molecular weight is 369 g/mol. The van der Waals surface area contributed by atoms with Gasteiger partial charge < -0.3 is 15.4 Å². The molecule has 0 saturated heterocycles. The third-order valence-electron chi connectivity index (χ3n) is 3.68. The third kappa shape index (κ3) is 2.80. The van der Waals surface area contributed by atoms with Crippen molar-refractivity contribution < 1.29 is 9.53 Å². The van der Waals surface area contributed by atoms with Gasteiger partial charge in [0.2, 0.25) is 0 Å². The number of hydrogen-bond acceptors (Lipinski definition) is 4. The maximum atomic E-state index is 12.8. The number of carbonyl (C=O) groups is 1. The van der Waals surface area contributed by atoms with E-state index in [1.54, 1.807) is 7.11 Å². The summed E-state index contributed by atoms with van der Waals surface area (Å²) in [4.78, 5) is 15.4. The molecule has 1 saturated carbocycles. The van der Waals surface area contributed by atoms with Gasteiger partial charge in [-0.05, 0) is 25.0 Å². The van der Waals surface area contributed by atoms with Gasteiger partial charge in [0.15, 0.2) is 0 Å². The van der Waals surface area contributed by atoms with Crippen LogP contribution in [0.15, 0.2) is 22.7 Å². The van der Waals surface area contributed by atoms with Gasteiger partial charge in [-0.1, -0.05) is 22.0 Å². The van der Waals surface area contributed by atoms with Crippen LogP contribution in [0.25, 0.3) is 10.1 Å². The maximum Gasteiger partial charge on any atom is 0.266 e. The van der Waals surface area contributed by atoms with Crippen LogP contribution in [0.2, 0.25) is 0 Å². The molecule has 0 unspecified atom stereocenters. The summed E-state index contributed by atoms with van der Waals surface area (Å²) in [6, 6.07) is 6.25. The van der Waals surface area contributed by atoms with Crippen molar-refractivity contribution >= 4 is 48.9 Å². The fourth-order valence-electron chi connectivity index (χ4n) is 2.44. The lowest BCUT2D eigenvalue weighted by molar-refractivity contribution is 0.0686.